The number of carbonyl (C=O) groups excluding carboxylic acids is 1. The molecule has 26 heavy (non-hydrogen) atoms. The molecule has 0 amide bonds. The van der Waals surface area contributed by atoms with Crippen molar-refractivity contribution < 1.29 is 18.7 Å². The lowest BCUT2D eigenvalue weighted by atomic mass is 9.86. The number of fused-ring (bicyclic) bond motifs is 5. The van der Waals surface area contributed by atoms with Crippen molar-refractivity contribution >= 4 is 17.3 Å². The predicted octanol–water partition coefficient (Wildman–Crippen LogP) is 3.59. The lowest BCUT2D eigenvalue weighted by molar-refractivity contribution is -0.159. The summed E-state index contributed by atoms with van der Waals surface area (Å²) in [6.45, 7) is 3.42. The van der Waals surface area contributed by atoms with E-state index < -0.39 is 17.2 Å². The highest BCUT2D eigenvalue weighted by molar-refractivity contribution is 7.10. The van der Waals surface area contributed by atoms with Gasteiger partial charge < -0.3 is 9.47 Å². The summed E-state index contributed by atoms with van der Waals surface area (Å²) in [5, 5.41) is 1.85. The van der Waals surface area contributed by atoms with Crippen molar-refractivity contribution in [3.05, 3.63) is 46.4 Å². The molecule has 3 saturated heterocycles. The minimum Gasteiger partial charge on any atom is -0.461 e. The van der Waals surface area contributed by atoms with Crippen molar-refractivity contribution in [2.75, 3.05) is 7.05 Å². The van der Waals surface area contributed by atoms with Crippen molar-refractivity contribution in [1.82, 2.24) is 4.90 Å². The number of thiophene rings is 1. The number of hydrogen-bond acceptors (Lipinski definition) is 5. The number of carbonyl (C=O) groups is 1. The Balaban J connectivity index is 1.54. The molecule has 2 unspecified atom stereocenters. The predicted molar refractivity (Wildman–Crippen MR) is 98.8 cm³/mol. The van der Waals surface area contributed by atoms with Crippen molar-refractivity contribution in [2.45, 2.75) is 62.5 Å². The summed E-state index contributed by atoms with van der Waals surface area (Å²) in [5.74, 6) is -1.01. The van der Waals surface area contributed by atoms with E-state index in [-0.39, 0.29) is 18.3 Å². The summed E-state index contributed by atoms with van der Waals surface area (Å²) in [7, 11) is 2.11. The summed E-state index contributed by atoms with van der Waals surface area (Å²) in [4.78, 5) is 16.1. The molecule has 0 radical (unpaired) electrons. The second-order valence-electron chi connectivity index (χ2n) is 7.51. The Morgan fingerprint density at radius 2 is 2.12 bits per heavy atom. The molecule has 1 aromatic heterocycles. The lowest BCUT2D eigenvalue weighted by Gasteiger charge is -2.39. The number of esters is 1. The van der Waals surface area contributed by atoms with Crippen LogP contribution in [0.2, 0.25) is 0 Å². The van der Waals surface area contributed by atoms with Crippen LogP contribution in [-0.2, 0) is 19.7 Å². The monoisotopic (exact) mass is 377 g/mol. The first-order chi connectivity index (χ1) is 12.5. The first-order valence-electron chi connectivity index (χ1n) is 9.08. The molecule has 0 aliphatic carbocycles. The van der Waals surface area contributed by atoms with Gasteiger partial charge in [0.05, 0.1) is 0 Å². The maximum absolute atomic E-state index is 15.0. The number of epoxide rings is 1. The van der Waals surface area contributed by atoms with Gasteiger partial charge in [0, 0.05) is 29.8 Å². The van der Waals surface area contributed by atoms with Gasteiger partial charge in [-0.1, -0.05) is 18.2 Å². The first-order valence-corrected chi connectivity index (χ1v) is 9.96. The second kappa shape index (κ2) is 6.59. The highest BCUT2D eigenvalue weighted by Gasteiger charge is 2.63. The zero-order chi connectivity index (χ0) is 18.5. The van der Waals surface area contributed by atoms with Crippen LogP contribution in [0.4, 0.5) is 4.39 Å². The molecule has 0 aromatic carbocycles. The lowest BCUT2D eigenvalue weighted by Crippen LogP contribution is -2.49. The minimum atomic E-state index is -1.41. The molecular formula is C20H24FNO3S. The Labute approximate surface area is 157 Å². The average molecular weight is 377 g/mol. The maximum Gasteiger partial charge on any atom is 0.324 e. The summed E-state index contributed by atoms with van der Waals surface area (Å²) < 4.78 is 26.5. The molecule has 4 nitrogen and oxygen atoms in total. The summed E-state index contributed by atoms with van der Waals surface area (Å²) in [5.41, 5.74) is -1.41. The van der Waals surface area contributed by atoms with Crippen LogP contribution in [0.25, 0.3) is 0 Å². The molecule has 6 atom stereocenters. The van der Waals surface area contributed by atoms with E-state index in [0.717, 1.165) is 12.8 Å². The molecule has 0 spiro atoms. The van der Waals surface area contributed by atoms with Gasteiger partial charge in [0.25, 0.3) is 0 Å². The van der Waals surface area contributed by atoms with Crippen LogP contribution >= 0.6 is 11.3 Å². The fourth-order valence-corrected chi connectivity index (χ4v) is 5.17. The highest BCUT2D eigenvalue weighted by atomic mass is 32.1. The van der Waals surface area contributed by atoms with Gasteiger partial charge in [-0.15, -0.1) is 11.3 Å². The second-order valence-corrected chi connectivity index (χ2v) is 8.45. The molecule has 4 rings (SSSR count). The summed E-state index contributed by atoms with van der Waals surface area (Å²) in [6, 6.07) is 4.21. The van der Waals surface area contributed by atoms with Gasteiger partial charge in [-0.2, -0.15) is 0 Å². The van der Waals surface area contributed by atoms with Crippen LogP contribution in [0.15, 0.2) is 41.6 Å². The van der Waals surface area contributed by atoms with E-state index in [2.05, 4.69) is 11.9 Å². The average Bonchev–Trinajstić information content (AvgIpc) is 3.17. The van der Waals surface area contributed by atoms with Gasteiger partial charge in [0.2, 0.25) is 0 Å². The summed E-state index contributed by atoms with van der Waals surface area (Å²) in [6.07, 6.45) is 6.57. The van der Waals surface area contributed by atoms with E-state index >= 15 is 0 Å². The standard InChI is InChI=1S/C20H24FNO3S/c1-4-5-7-15(21)20(2,16-8-6-9-26-16)19(23)24-12-10-13-17-18(25-17)14(11-12)22(13)3/h4-9,12-14,17-18H,10-11H2,1-3H3/b5-4-,15-7-/t12?,13-,14-,17-,18+,20?/m0/s1. The SMILES string of the molecule is C/C=C\C=C(/F)C(C)(C(=O)OC1C[C@H]2[C@@H]3O[C@@H]3[C@H](C1)N2C)c1cccs1. The molecule has 0 N–H and O–H groups in total. The molecule has 3 fully saturated rings. The van der Waals surface area contributed by atoms with Crippen LogP contribution < -0.4 is 0 Å². The van der Waals surface area contributed by atoms with E-state index in [1.165, 1.54) is 17.4 Å². The fraction of sp³-hybridized carbons (Fsp3) is 0.550. The van der Waals surface area contributed by atoms with Gasteiger partial charge in [-0.25, -0.2) is 4.39 Å². The van der Waals surface area contributed by atoms with Crippen molar-refractivity contribution in [3.8, 4) is 0 Å². The zero-order valence-electron chi connectivity index (χ0n) is 15.2. The number of morpholine rings is 1. The van der Waals surface area contributed by atoms with Gasteiger partial charge >= 0.3 is 5.97 Å². The molecule has 6 heteroatoms. The van der Waals surface area contributed by atoms with Crippen molar-refractivity contribution in [1.29, 1.82) is 0 Å². The van der Waals surface area contributed by atoms with Crippen LogP contribution in [0.1, 0.15) is 31.6 Å². The third kappa shape index (κ3) is 2.75. The van der Waals surface area contributed by atoms with Gasteiger partial charge in [0.1, 0.15) is 24.1 Å². The van der Waals surface area contributed by atoms with Crippen LogP contribution in [-0.4, -0.2) is 48.3 Å². The third-order valence-corrected chi connectivity index (χ3v) is 7.08. The Morgan fingerprint density at radius 3 is 2.69 bits per heavy atom. The first kappa shape index (κ1) is 17.9. The van der Waals surface area contributed by atoms with Gasteiger partial charge in [-0.05, 0) is 38.4 Å². The molecule has 140 valence electrons. The molecule has 0 saturated carbocycles. The molecule has 3 aliphatic heterocycles. The van der Waals surface area contributed by atoms with E-state index in [4.69, 9.17) is 9.47 Å². The highest BCUT2D eigenvalue weighted by Crippen LogP contribution is 2.48. The smallest absolute Gasteiger partial charge is 0.324 e. The number of halogens is 1. The Bertz CT molecular complexity index is 728. The van der Waals surface area contributed by atoms with E-state index in [0.29, 0.717) is 17.0 Å². The quantitative estimate of drug-likeness (QED) is 0.447. The Hall–Kier alpha value is -1.50. The molecule has 3 aliphatic rings. The number of likely N-dealkylation sites (N-methyl/N-ethyl adjacent to an activating group) is 1. The summed E-state index contributed by atoms with van der Waals surface area (Å²) >= 11 is 1.37. The van der Waals surface area contributed by atoms with Crippen molar-refractivity contribution in [2.24, 2.45) is 0 Å². The normalized spacial score (nSPS) is 36.0. The van der Waals surface area contributed by atoms with Crippen LogP contribution in [0.5, 0.6) is 0 Å². The molecule has 2 bridgehead atoms. The van der Waals surface area contributed by atoms with Crippen LogP contribution in [0, 0.1) is 0 Å². The maximum atomic E-state index is 15.0. The zero-order valence-corrected chi connectivity index (χ0v) is 16.0. The van der Waals surface area contributed by atoms with E-state index in [1.807, 2.05) is 18.4 Å². The van der Waals surface area contributed by atoms with Gasteiger partial charge in [-0.3, -0.25) is 9.69 Å². The largest absolute Gasteiger partial charge is 0.461 e. The topological polar surface area (TPSA) is 42.1 Å². The number of ether oxygens (including phenoxy) is 2. The third-order valence-electron chi connectivity index (χ3n) is 5.98. The fourth-order valence-electron chi connectivity index (χ4n) is 4.29. The number of piperidine rings is 1. The molecule has 4 heterocycles. The number of nitrogens with zero attached hydrogens (tertiary/aromatic N) is 1. The van der Waals surface area contributed by atoms with E-state index in [1.54, 1.807) is 25.1 Å². The minimum absolute atomic E-state index is 0.182. The van der Waals surface area contributed by atoms with Gasteiger partial charge in [0.15, 0.2) is 5.41 Å². The van der Waals surface area contributed by atoms with E-state index in [9.17, 15) is 9.18 Å². The Kier molecular flexibility index (Phi) is 4.53. The molecular weight excluding hydrogens is 353 g/mol. The number of allylic oxidation sites excluding steroid dienone is 3. The number of rotatable bonds is 5. The molecule has 1 aromatic rings. The Morgan fingerprint density at radius 1 is 1.42 bits per heavy atom. The number of hydrogen-bond donors (Lipinski definition) is 0. The van der Waals surface area contributed by atoms with Crippen LogP contribution in [0.3, 0.4) is 0 Å². The van der Waals surface area contributed by atoms with Crippen molar-refractivity contribution in [3.63, 3.8) is 0 Å².